The van der Waals surface area contributed by atoms with Crippen molar-refractivity contribution in [2.24, 2.45) is 0 Å². The van der Waals surface area contributed by atoms with Crippen LogP contribution in [-0.4, -0.2) is 21.0 Å². The first-order valence-electron chi connectivity index (χ1n) is 4.97. The normalized spacial score (nSPS) is 11.0. The molecule has 0 saturated carbocycles. The summed E-state index contributed by atoms with van der Waals surface area (Å²) in [7, 11) is 0. The minimum Gasteiger partial charge on any atom is -0.478 e. The quantitative estimate of drug-likeness (QED) is 0.840. The maximum atomic E-state index is 13.0. The highest BCUT2D eigenvalue weighted by Gasteiger charge is 2.05. The van der Waals surface area contributed by atoms with Crippen LogP contribution in [0.1, 0.15) is 5.82 Å². The molecule has 0 saturated heterocycles. The molecule has 0 spiro atoms. The molecule has 2 aromatic rings. The van der Waals surface area contributed by atoms with Crippen molar-refractivity contribution in [2.45, 2.75) is 0 Å². The number of hydrogen-bond donors (Lipinski definition) is 2. The van der Waals surface area contributed by atoms with Crippen molar-refractivity contribution >= 4 is 23.6 Å². The van der Waals surface area contributed by atoms with Gasteiger partial charge in [0.15, 0.2) is 0 Å². The summed E-state index contributed by atoms with van der Waals surface area (Å²) in [5, 5.41) is 8.50. The van der Waals surface area contributed by atoms with Crippen LogP contribution in [0.2, 0.25) is 5.02 Å². The first kappa shape index (κ1) is 12.3. The summed E-state index contributed by atoms with van der Waals surface area (Å²) in [5.74, 6) is -1.16. The summed E-state index contributed by atoms with van der Waals surface area (Å²) in [4.78, 5) is 17.2. The molecule has 1 heterocycles. The number of hydrogen-bond acceptors (Lipinski definition) is 2. The third kappa shape index (κ3) is 2.75. The fourth-order valence-electron chi connectivity index (χ4n) is 1.38. The van der Waals surface area contributed by atoms with E-state index in [0.29, 0.717) is 17.1 Å². The van der Waals surface area contributed by atoms with Gasteiger partial charge in [0.05, 0.1) is 16.9 Å². The second kappa shape index (κ2) is 5.01. The van der Waals surface area contributed by atoms with E-state index in [2.05, 4.69) is 9.97 Å². The lowest BCUT2D eigenvalue weighted by Crippen LogP contribution is -1.86. The molecule has 6 heteroatoms. The standard InChI is InChI=1S/C12H8ClFN2O2/c13-8-5-7(1-2-9(8)14)10-6-15-11(16-10)3-4-12(17)18/h1-6H,(H,15,16)(H,17,18)/b4-3+. The van der Waals surface area contributed by atoms with E-state index in [0.717, 1.165) is 6.08 Å². The zero-order valence-electron chi connectivity index (χ0n) is 9.02. The first-order valence-corrected chi connectivity index (χ1v) is 5.35. The van der Waals surface area contributed by atoms with Crippen molar-refractivity contribution in [1.29, 1.82) is 0 Å². The minimum atomic E-state index is -1.06. The average molecular weight is 267 g/mol. The largest absolute Gasteiger partial charge is 0.478 e. The Morgan fingerprint density at radius 1 is 1.50 bits per heavy atom. The van der Waals surface area contributed by atoms with Gasteiger partial charge in [0.1, 0.15) is 11.6 Å². The summed E-state index contributed by atoms with van der Waals surface area (Å²) >= 11 is 5.67. The lowest BCUT2D eigenvalue weighted by atomic mass is 10.2. The Labute approximate surface area is 107 Å². The number of carboxylic acid groups (broad SMARTS) is 1. The van der Waals surface area contributed by atoms with E-state index in [1.807, 2.05) is 0 Å². The number of rotatable bonds is 3. The molecule has 0 atom stereocenters. The van der Waals surface area contributed by atoms with Crippen LogP contribution in [0.15, 0.2) is 30.5 Å². The molecule has 1 aromatic carbocycles. The third-order valence-electron chi connectivity index (χ3n) is 2.21. The summed E-state index contributed by atoms with van der Waals surface area (Å²) < 4.78 is 13.0. The molecule has 0 aliphatic heterocycles. The Morgan fingerprint density at radius 2 is 2.28 bits per heavy atom. The molecular formula is C12H8ClFN2O2. The van der Waals surface area contributed by atoms with Crippen molar-refractivity contribution in [1.82, 2.24) is 9.97 Å². The number of aromatic amines is 1. The zero-order valence-corrected chi connectivity index (χ0v) is 9.78. The number of aliphatic carboxylic acids is 1. The average Bonchev–Trinajstić information content (AvgIpc) is 2.79. The molecule has 2 rings (SSSR count). The van der Waals surface area contributed by atoms with Crippen molar-refractivity contribution < 1.29 is 14.3 Å². The number of carbonyl (C=O) groups is 1. The number of H-pyrrole nitrogens is 1. The molecule has 4 nitrogen and oxygen atoms in total. The van der Waals surface area contributed by atoms with Gasteiger partial charge in [-0.1, -0.05) is 11.6 Å². The molecule has 0 aliphatic rings. The first-order chi connectivity index (χ1) is 8.56. The second-order valence-corrected chi connectivity index (χ2v) is 3.89. The van der Waals surface area contributed by atoms with Gasteiger partial charge in [-0.2, -0.15) is 0 Å². The van der Waals surface area contributed by atoms with Crippen LogP contribution >= 0.6 is 11.6 Å². The summed E-state index contributed by atoms with van der Waals surface area (Å²) in [6.07, 6.45) is 3.82. The van der Waals surface area contributed by atoms with Gasteiger partial charge in [-0.3, -0.25) is 0 Å². The lowest BCUT2D eigenvalue weighted by molar-refractivity contribution is -0.131. The third-order valence-corrected chi connectivity index (χ3v) is 2.50. The number of nitrogens with one attached hydrogen (secondary N) is 1. The van der Waals surface area contributed by atoms with Crippen molar-refractivity contribution in [3.63, 3.8) is 0 Å². The molecule has 0 bridgehead atoms. The molecule has 0 radical (unpaired) electrons. The van der Waals surface area contributed by atoms with E-state index >= 15 is 0 Å². The number of aromatic nitrogens is 2. The number of halogens is 2. The fraction of sp³-hybridized carbons (Fsp3) is 0. The van der Waals surface area contributed by atoms with Gasteiger partial charge < -0.3 is 10.1 Å². The van der Waals surface area contributed by atoms with Gasteiger partial charge >= 0.3 is 5.97 Å². The molecule has 1 aromatic heterocycles. The van der Waals surface area contributed by atoms with Crippen molar-refractivity contribution in [3.05, 3.63) is 47.1 Å². The van der Waals surface area contributed by atoms with Gasteiger partial charge in [-0.05, 0) is 24.3 Å². The summed E-state index contributed by atoms with van der Waals surface area (Å²) in [6, 6.07) is 4.28. The lowest BCUT2D eigenvalue weighted by Gasteiger charge is -1.99. The van der Waals surface area contributed by atoms with Crippen LogP contribution < -0.4 is 0 Å². The topological polar surface area (TPSA) is 66.0 Å². The highest BCUT2D eigenvalue weighted by molar-refractivity contribution is 6.31. The van der Waals surface area contributed by atoms with Crippen LogP contribution in [0.25, 0.3) is 17.3 Å². The van der Waals surface area contributed by atoms with Crippen LogP contribution in [0, 0.1) is 5.82 Å². The van der Waals surface area contributed by atoms with Crippen molar-refractivity contribution in [2.75, 3.05) is 0 Å². The monoisotopic (exact) mass is 266 g/mol. The van der Waals surface area contributed by atoms with E-state index in [1.54, 1.807) is 6.07 Å². The number of carboxylic acids is 1. The maximum absolute atomic E-state index is 13.0. The van der Waals surface area contributed by atoms with Crippen LogP contribution in [-0.2, 0) is 4.79 Å². The van der Waals surface area contributed by atoms with E-state index in [9.17, 15) is 9.18 Å². The zero-order chi connectivity index (χ0) is 13.1. The van der Waals surface area contributed by atoms with E-state index in [4.69, 9.17) is 16.7 Å². The Kier molecular flexibility index (Phi) is 3.43. The highest BCUT2D eigenvalue weighted by atomic mass is 35.5. The van der Waals surface area contributed by atoms with Gasteiger partial charge in [0, 0.05) is 11.6 Å². The van der Waals surface area contributed by atoms with E-state index in [1.165, 1.54) is 24.4 Å². The smallest absolute Gasteiger partial charge is 0.328 e. The Hall–Kier alpha value is -2.14. The molecular weight excluding hydrogens is 259 g/mol. The Morgan fingerprint density at radius 3 is 2.94 bits per heavy atom. The van der Waals surface area contributed by atoms with E-state index in [-0.39, 0.29) is 5.02 Å². The predicted octanol–water partition coefficient (Wildman–Crippen LogP) is 2.97. The molecule has 0 amide bonds. The molecule has 0 aliphatic carbocycles. The Bertz CT molecular complexity index is 622. The molecule has 2 N–H and O–H groups in total. The fourth-order valence-corrected chi connectivity index (χ4v) is 1.56. The van der Waals surface area contributed by atoms with Crippen molar-refractivity contribution in [3.8, 4) is 11.3 Å². The second-order valence-electron chi connectivity index (χ2n) is 3.48. The van der Waals surface area contributed by atoms with Gasteiger partial charge in [0.25, 0.3) is 0 Å². The highest BCUT2D eigenvalue weighted by Crippen LogP contribution is 2.23. The number of imidazole rings is 1. The van der Waals surface area contributed by atoms with Crippen LogP contribution in [0.4, 0.5) is 4.39 Å². The van der Waals surface area contributed by atoms with Gasteiger partial charge in [-0.15, -0.1) is 0 Å². The predicted molar refractivity (Wildman–Crippen MR) is 65.7 cm³/mol. The van der Waals surface area contributed by atoms with Gasteiger partial charge in [0.2, 0.25) is 0 Å². The number of benzene rings is 1. The molecule has 92 valence electrons. The summed E-state index contributed by atoms with van der Waals surface area (Å²) in [6.45, 7) is 0. The van der Waals surface area contributed by atoms with Crippen LogP contribution in [0.3, 0.4) is 0 Å². The van der Waals surface area contributed by atoms with Gasteiger partial charge in [-0.25, -0.2) is 14.2 Å². The Balaban J connectivity index is 2.29. The molecule has 0 unspecified atom stereocenters. The SMILES string of the molecule is O=C(O)/C=C/c1ncc(-c2ccc(F)c(Cl)c2)[nH]1. The molecule has 0 fully saturated rings. The van der Waals surface area contributed by atoms with Crippen LogP contribution in [0.5, 0.6) is 0 Å². The van der Waals surface area contributed by atoms with E-state index < -0.39 is 11.8 Å². The maximum Gasteiger partial charge on any atom is 0.328 e. The molecule has 18 heavy (non-hydrogen) atoms. The number of nitrogens with zero attached hydrogens (tertiary/aromatic N) is 1. The summed E-state index contributed by atoms with van der Waals surface area (Å²) in [5.41, 5.74) is 1.30. The minimum absolute atomic E-state index is 0.0183.